The first-order valence-electron chi connectivity index (χ1n) is 9.77. The summed E-state index contributed by atoms with van der Waals surface area (Å²) in [7, 11) is 0. The van der Waals surface area contributed by atoms with E-state index in [1.54, 1.807) is 18.7 Å². The third-order valence-corrected chi connectivity index (χ3v) is 5.27. The van der Waals surface area contributed by atoms with Crippen molar-refractivity contribution in [3.05, 3.63) is 24.5 Å². The molecule has 0 spiro atoms. The van der Waals surface area contributed by atoms with Gasteiger partial charge in [0.1, 0.15) is 24.1 Å². The smallest absolute Gasteiger partial charge is 0.245 e. The van der Waals surface area contributed by atoms with Gasteiger partial charge in [0.25, 0.3) is 0 Å². The molecule has 1 N–H and O–H groups in total. The topological polar surface area (TPSA) is 90.6 Å². The first kappa shape index (κ1) is 18.7. The van der Waals surface area contributed by atoms with E-state index in [1.807, 2.05) is 11.5 Å². The summed E-state index contributed by atoms with van der Waals surface area (Å²) in [6.45, 7) is 12.2. The highest BCUT2D eigenvalue weighted by Gasteiger charge is 2.34. The average Bonchev–Trinajstić information content (AvgIpc) is 3.27. The number of fused-ring (bicyclic) bond motifs is 1. The Labute approximate surface area is 164 Å². The van der Waals surface area contributed by atoms with E-state index in [4.69, 9.17) is 9.72 Å². The minimum atomic E-state index is 0.0697. The number of hydrogen-bond donors (Lipinski definition) is 1. The molecule has 2 atom stereocenters. The van der Waals surface area contributed by atoms with E-state index in [-0.39, 0.29) is 11.5 Å². The number of aromatic nitrogens is 6. The van der Waals surface area contributed by atoms with Crippen LogP contribution in [0.3, 0.4) is 0 Å². The highest BCUT2D eigenvalue weighted by Crippen LogP contribution is 2.31. The lowest BCUT2D eigenvalue weighted by Crippen LogP contribution is -2.34. The molecule has 0 aliphatic carbocycles. The number of rotatable bonds is 4. The summed E-state index contributed by atoms with van der Waals surface area (Å²) in [5, 5.41) is 3.56. The number of aryl methyl sites for hydroxylation is 2. The number of nitrogens with zero attached hydrogens (tertiary/aromatic N) is 6. The van der Waals surface area contributed by atoms with E-state index in [2.05, 4.69) is 52.9 Å². The van der Waals surface area contributed by atoms with Crippen molar-refractivity contribution in [1.82, 2.24) is 34.8 Å². The molecule has 4 rings (SSSR count). The van der Waals surface area contributed by atoms with Crippen molar-refractivity contribution in [2.24, 2.45) is 5.41 Å². The van der Waals surface area contributed by atoms with Crippen molar-refractivity contribution in [1.29, 1.82) is 0 Å². The van der Waals surface area contributed by atoms with Gasteiger partial charge in [0.05, 0.1) is 5.56 Å². The second-order valence-electron chi connectivity index (χ2n) is 8.35. The van der Waals surface area contributed by atoms with Crippen LogP contribution in [0, 0.1) is 12.3 Å². The first-order valence-corrected chi connectivity index (χ1v) is 9.77. The fourth-order valence-corrected chi connectivity index (χ4v) is 3.64. The van der Waals surface area contributed by atoms with Crippen molar-refractivity contribution in [2.45, 2.75) is 59.7 Å². The van der Waals surface area contributed by atoms with Gasteiger partial charge in [-0.15, -0.1) is 0 Å². The molecule has 8 heteroatoms. The van der Waals surface area contributed by atoms with Gasteiger partial charge in [0.2, 0.25) is 5.88 Å². The molecule has 1 fully saturated rings. The summed E-state index contributed by atoms with van der Waals surface area (Å²) in [6, 6.07) is 0.420. The summed E-state index contributed by atoms with van der Waals surface area (Å²) in [6.07, 6.45) is 6.14. The Morgan fingerprint density at radius 2 is 1.93 bits per heavy atom. The Balaban J connectivity index is 1.68. The van der Waals surface area contributed by atoms with Crippen LogP contribution in [0.25, 0.3) is 22.6 Å². The summed E-state index contributed by atoms with van der Waals surface area (Å²) in [5.74, 6) is 2.04. The summed E-state index contributed by atoms with van der Waals surface area (Å²) in [5.41, 5.74) is 2.49. The van der Waals surface area contributed by atoms with Gasteiger partial charge in [0, 0.05) is 37.9 Å². The predicted octanol–water partition coefficient (Wildman–Crippen LogP) is 2.77. The maximum absolute atomic E-state index is 6.26. The first-order chi connectivity index (χ1) is 13.4. The lowest BCUT2D eigenvalue weighted by atomic mass is 9.86. The van der Waals surface area contributed by atoms with Gasteiger partial charge in [-0.2, -0.15) is 4.98 Å². The lowest BCUT2D eigenvalue weighted by Gasteiger charge is -2.26. The van der Waals surface area contributed by atoms with Gasteiger partial charge < -0.3 is 14.6 Å². The zero-order valence-corrected chi connectivity index (χ0v) is 17.1. The Bertz CT molecular complexity index is 975. The summed E-state index contributed by atoms with van der Waals surface area (Å²) in [4.78, 5) is 22.2. The van der Waals surface area contributed by atoms with Crippen molar-refractivity contribution >= 4 is 11.2 Å². The summed E-state index contributed by atoms with van der Waals surface area (Å²) >= 11 is 0. The second-order valence-corrected chi connectivity index (χ2v) is 8.35. The second kappa shape index (κ2) is 7.09. The molecule has 0 amide bonds. The molecule has 1 aliphatic rings. The Morgan fingerprint density at radius 1 is 1.18 bits per heavy atom. The van der Waals surface area contributed by atoms with Crippen LogP contribution in [0.1, 0.15) is 39.9 Å². The number of imidazole rings is 1. The molecular formula is C20H27N7O. The van der Waals surface area contributed by atoms with Crippen molar-refractivity contribution in [3.63, 3.8) is 0 Å². The van der Waals surface area contributed by atoms with Crippen LogP contribution in [0.2, 0.25) is 0 Å². The molecule has 2 unspecified atom stereocenters. The number of ether oxygens (including phenoxy) is 1. The van der Waals surface area contributed by atoms with E-state index in [0.29, 0.717) is 17.4 Å². The molecule has 3 aromatic heterocycles. The van der Waals surface area contributed by atoms with Gasteiger partial charge in [-0.25, -0.2) is 19.9 Å². The number of nitrogens with one attached hydrogen (secondary N) is 1. The van der Waals surface area contributed by atoms with Crippen LogP contribution in [-0.2, 0) is 6.54 Å². The lowest BCUT2D eigenvalue weighted by molar-refractivity contribution is 0.201. The van der Waals surface area contributed by atoms with E-state index in [1.165, 1.54) is 0 Å². The fourth-order valence-electron chi connectivity index (χ4n) is 3.64. The Kier molecular flexibility index (Phi) is 4.74. The predicted molar refractivity (Wildman–Crippen MR) is 107 cm³/mol. The van der Waals surface area contributed by atoms with Crippen LogP contribution in [0.5, 0.6) is 5.88 Å². The molecule has 0 saturated carbocycles. The Morgan fingerprint density at radius 3 is 2.57 bits per heavy atom. The maximum atomic E-state index is 6.26. The fraction of sp³-hybridized carbons (Fsp3) is 0.550. The molecular weight excluding hydrogens is 354 g/mol. The van der Waals surface area contributed by atoms with E-state index in [9.17, 15) is 0 Å². The van der Waals surface area contributed by atoms with E-state index in [0.717, 1.165) is 42.4 Å². The zero-order chi connectivity index (χ0) is 19.9. The molecule has 8 nitrogen and oxygen atoms in total. The van der Waals surface area contributed by atoms with Gasteiger partial charge in [-0.1, -0.05) is 20.8 Å². The normalized spacial score (nSPS) is 20.0. The maximum Gasteiger partial charge on any atom is 0.245 e. The highest BCUT2D eigenvalue weighted by atomic mass is 16.5. The molecule has 148 valence electrons. The quantitative estimate of drug-likeness (QED) is 0.743. The van der Waals surface area contributed by atoms with Crippen LogP contribution < -0.4 is 10.1 Å². The molecule has 1 saturated heterocycles. The molecule has 1 aliphatic heterocycles. The average molecular weight is 381 g/mol. The van der Waals surface area contributed by atoms with Gasteiger partial charge in [-0.3, -0.25) is 0 Å². The van der Waals surface area contributed by atoms with Crippen LogP contribution in [0.4, 0.5) is 0 Å². The van der Waals surface area contributed by atoms with Crippen LogP contribution >= 0.6 is 0 Å². The highest BCUT2D eigenvalue weighted by molar-refractivity contribution is 5.81. The van der Waals surface area contributed by atoms with Crippen molar-refractivity contribution < 1.29 is 4.74 Å². The SMILES string of the molecule is CCn1c(-c2cnc(C)nc2)nc2c(OC3CNC(C(C)(C)C)C3)ncnc21. The van der Waals surface area contributed by atoms with E-state index < -0.39 is 0 Å². The van der Waals surface area contributed by atoms with E-state index >= 15 is 0 Å². The minimum absolute atomic E-state index is 0.0697. The van der Waals surface area contributed by atoms with Crippen molar-refractivity contribution in [2.75, 3.05) is 6.54 Å². The Hall–Kier alpha value is -2.61. The minimum Gasteiger partial charge on any atom is -0.471 e. The molecule has 0 radical (unpaired) electrons. The standard InChI is InChI=1S/C20H27N7O/c1-6-27-17(13-8-21-12(2)22-9-13)26-16-18(27)24-11-25-19(16)28-14-7-15(23-10-14)20(3,4)5/h8-9,11,14-15,23H,6-7,10H2,1-5H3. The molecule has 3 aromatic rings. The van der Waals surface area contributed by atoms with Crippen molar-refractivity contribution in [3.8, 4) is 17.3 Å². The molecule has 28 heavy (non-hydrogen) atoms. The monoisotopic (exact) mass is 381 g/mol. The van der Waals surface area contributed by atoms with Gasteiger partial charge >= 0.3 is 0 Å². The molecule has 0 aromatic carbocycles. The van der Waals surface area contributed by atoms with Crippen LogP contribution in [-0.4, -0.2) is 48.2 Å². The third-order valence-electron chi connectivity index (χ3n) is 5.27. The van der Waals surface area contributed by atoms with Gasteiger partial charge in [-0.05, 0) is 19.3 Å². The third kappa shape index (κ3) is 3.44. The van der Waals surface area contributed by atoms with Gasteiger partial charge in [0.15, 0.2) is 11.2 Å². The largest absolute Gasteiger partial charge is 0.471 e. The van der Waals surface area contributed by atoms with Crippen LogP contribution in [0.15, 0.2) is 18.7 Å². The zero-order valence-electron chi connectivity index (χ0n) is 17.1. The number of hydrogen-bond acceptors (Lipinski definition) is 7. The molecule has 0 bridgehead atoms. The molecule has 4 heterocycles. The summed E-state index contributed by atoms with van der Waals surface area (Å²) < 4.78 is 8.31.